The van der Waals surface area contributed by atoms with Crippen LogP contribution in [0, 0.1) is 0 Å². The van der Waals surface area contributed by atoms with Crippen LogP contribution in [0.4, 0.5) is 17.2 Å². The monoisotopic (exact) mass is 640 g/mol. The minimum absolute atomic E-state index is 0.533. The first-order valence-electron chi connectivity index (χ1n) is 16.7. The first-order valence-corrected chi connectivity index (χ1v) is 16.7. The van der Waals surface area contributed by atoms with Crippen molar-refractivity contribution in [3.63, 3.8) is 0 Å². The van der Waals surface area contributed by atoms with Crippen LogP contribution in [0.3, 0.4) is 0 Å². The predicted octanol–water partition coefficient (Wildman–Crippen LogP) is 12.0. The largest absolute Gasteiger partial charge is 0.419 e. The van der Waals surface area contributed by atoms with Crippen LogP contribution in [-0.4, -0.2) is 15.0 Å². The first-order chi connectivity index (χ1) is 24.7. The van der Waals surface area contributed by atoms with E-state index in [0.717, 1.165) is 50.1 Å². The lowest BCUT2D eigenvalue weighted by Gasteiger charge is -2.24. The molecule has 10 rings (SSSR count). The van der Waals surface area contributed by atoms with Crippen molar-refractivity contribution in [1.29, 1.82) is 0 Å². The third-order valence-electron chi connectivity index (χ3n) is 9.52. The zero-order valence-electron chi connectivity index (χ0n) is 26.9. The number of pyridine rings is 3. The predicted molar refractivity (Wildman–Crippen MR) is 205 cm³/mol. The van der Waals surface area contributed by atoms with E-state index >= 15 is 0 Å². The minimum Gasteiger partial charge on any atom is -0.419 e. The molecule has 0 aliphatic heterocycles. The van der Waals surface area contributed by atoms with Crippen molar-refractivity contribution in [3.8, 4) is 22.3 Å². The zero-order valence-corrected chi connectivity index (χ0v) is 26.9. The molecule has 0 radical (unpaired) electrons. The summed E-state index contributed by atoms with van der Waals surface area (Å²) in [4.78, 5) is 16.5. The number of hydrogen-bond donors (Lipinski definition) is 0. The second-order valence-electron chi connectivity index (χ2n) is 12.6. The fourth-order valence-corrected chi connectivity index (χ4v) is 6.94. The molecule has 0 spiro atoms. The van der Waals surface area contributed by atoms with Gasteiger partial charge in [-0.1, -0.05) is 97.1 Å². The van der Waals surface area contributed by atoms with Crippen LogP contribution in [0.2, 0.25) is 0 Å². The van der Waals surface area contributed by atoms with Crippen LogP contribution >= 0.6 is 0 Å². The van der Waals surface area contributed by atoms with Gasteiger partial charge in [-0.05, 0) is 111 Å². The van der Waals surface area contributed by atoms with Gasteiger partial charge in [0.1, 0.15) is 5.82 Å². The van der Waals surface area contributed by atoms with Gasteiger partial charge in [0, 0.05) is 17.6 Å². The standard InChI is InChI=1S/C45H28N4O/c1-3-8-33-26-35(13-11-29(33)6-1)31-15-19-37(20-16-31)49(38-21-17-32(18-22-38)36-14-12-30-7-2-4-9-34(30)27-36)43-24-23-39-40-28-42-41(10-5-25-46-42)47-45(40)50-44(39)48-43/h1-28H. The van der Waals surface area contributed by atoms with Gasteiger partial charge in [0.15, 0.2) is 0 Å². The third kappa shape index (κ3) is 4.83. The molecule has 0 N–H and O–H groups in total. The van der Waals surface area contributed by atoms with E-state index in [1.807, 2.05) is 18.2 Å². The van der Waals surface area contributed by atoms with Gasteiger partial charge in [0.2, 0.25) is 11.4 Å². The second kappa shape index (κ2) is 11.4. The number of aromatic nitrogens is 3. The summed E-state index contributed by atoms with van der Waals surface area (Å²) in [6, 6.07) is 57.5. The first kappa shape index (κ1) is 28.2. The topological polar surface area (TPSA) is 55.1 Å². The molecule has 0 fully saturated rings. The Kier molecular flexibility index (Phi) is 6.42. The van der Waals surface area contributed by atoms with Crippen LogP contribution in [0.15, 0.2) is 174 Å². The molecule has 4 heterocycles. The molecular formula is C45H28N4O. The number of benzene rings is 6. The summed E-state index contributed by atoms with van der Waals surface area (Å²) in [5.74, 6) is 0.746. The number of rotatable bonds is 5. The molecular weight excluding hydrogens is 613 g/mol. The summed E-state index contributed by atoms with van der Waals surface area (Å²) in [5.41, 5.74) is 9.34. The molecule has 0 bridgehead atoms. The molecule has 50 heavy (non-hydrogen) atoms. The average Bonchev–Trinajstić information content (AvgIpc) is 3.53. The fourth-order valence-electron chi connectivity index (χ4n) is 6.94. The van der Waals surface area contributed by atoms with E-state index < -0.39 is 0 Å². The van der Waals surface area contributed by atoms with Gasteiger partial charge in [-0.3, -0.25) is 9.88 Å². The summed E-state index contributed by atoms with van der Waals surface area (Å²) in [5, 5.41) is 6.72. The second-order valence-corrected chi connectivity index (χ2v) is 12.6. The smallest absolute Gasteiger partial charge is 0.231 e. The normalized spacial score (nSPS) is 11.6. The highest BCUT2D eigenvalue weighted by molar-refractivity contribution is 6.06. The van der Waals surface area contributed by atoms with E-state index in [-0.39, 0.29) is 0 Å². The Morgan fingerprint density at radius 1 is 0.400 bits per heavy atom. The van der Waals surface area contributed by atoms with E-state index in [4.69, 9.17) is 14.4 Å². The highest BCUT2D eigenvalue weighted by Crippen LogP contribution is 2.38. The van der Waals surface area contributed by atoms with Crippen molar-refractivity contribution < 1.29 is 4.42 Å². The van der Waals surface area contributed by atoms with Crippen molar-refractivity contribution >= 4 is 72.0 Å². The maximum Gasteiger partial charge on any atom is 0.231 e. The Labute approximate surface area is 287 Å². The van der Waals surface area contributed by atoms with Gasteiger partial charge in [-0.15, -0.1) is 0 Å². The average molecular weight is 641 g/mol. The van der Waals surface area contributed by atoms with Gasteiger partial charge < -0.3 is 4.42 Å². The SMILES string of the molecule is c1ccc2cc(-c3ccc(N(c4ccc(-c5ccc6ccccc6c5)cc4)c4ccc5c(n4)oc4nc6cccnc6cc45)cc3)ccc2c1. The summed E-state index contributed by atoms with van der Waals surface area (Å²) in [6.07, 6.45) is 1.78. The number of anilines is 3. The molecule has 4 aromatic heterocycles. The number of fused-ring (bicyclic) bond motifs is 6. The molecule has 0 saturated carbocycles. The van der Waals surface area contributed by atoms with Gasteiger partial charge in [0.25, 0.3) is 0 Å². The quantitative estimate of drug-likeness (QED) is 0.187. The minimum atomic E-state index is 0.533. The molecule has 0 saturated heterocycles. The summed E-state index contributed by atoms with van der Waals surface area (Å²) >= 11 is 0. The van der Waals surface area contributed by atoms with Crippen molar-refractivity contribution in [3.05, 3.63) is 170 Å². The maximum absolute atomic E-state index is 6.27. The van der Waals surface area contributed by atoms with E-state index in [1.54, 1.807) is 6.20 Å². The van der Waals surface area contributed by atoms with Crippen molar-refractivity contribution in [2.24, 2.45) is 0 Å². The van der Waals surface area contributed by atoms with Crippen LogP contribution in [-0.2, 0) is 0 Å². The molecule has 5 heteroatoms. The maximum atomic E-state index is 6.27. The molecule has 6 aromatic carbocycles. The van der Waals surface area contributed by atoms with E-state index in [1.165, 1.54) is 32.7 Å². The van der Waals surface area contributed by atoms with Crippen molar-refractivity contribution in [1.82, 2.24) is 15.0 Å². The van der Waals surface area contributed by atoms with Crippen LogP contribution in [0.25, 0.3) is 77.0 Å². The molecule has 0 unspecified atom stereocenters. The summed E-state index contributed by atoms with van der Waals surface area (Å²) in [7, 11) is 0. The Morgan fingerprint density at radius 2 is 0.960 bits per heavy atom. The molecule has 5 nitrogen and oxygen atoms in total. The summed E-state index contributed by atoms with van der Waals surface area (Å²) < 4.78 is 6.27. The van der Waals surface area contributed by atoms with Gasteiger partial charge in [0.05, 0.1) is 21.8 Å². The number of furan rings is 1. The van der Waals surface area contributed by atoms with Crippen LogP contribution in [0.5, 0.6) is 0 Å². The third-order valence-corrected chi connectivity index (χ3v) is 9.52. The number of nitrogens with zero attached hydrogens (tertiary/aromatic N) is 4. The van der Waals surface area contributed by atoms with Gasteiger partial charge in [-0.2, -0.15) is 4.98 Å². The van der Waals surface area contributed by atoms with Crippen LogP contribution < -0.4 is 4.90 Å². The lowest BCUT2D eigenvalue weighted by Crippen LogP contribution is -2.11. The van der Waals surface area contributed by atoms with Gasteiger partial charge >= 0.3 is 0 Å². The van der Waals surface area contributed by atoms with E-state index in [0.29, 0.717) is 11.4 Å². The van der Waals surface area contributed by atoms with Gasteiger partial charge in [-0.25, -0.2) is 4.98 Å². The lowest BCUT2D eigenvalue weighted by atomic mass is 10.0. The Bertz CT molecular complexity index is 2750. The molecule has 0 amide bonds. The molecule has 0 aliphatic carbocycles. The van der Waals surface area contributed by atoms with Crippen LogP contribution in [0.1, 0.15) is 0 Å². The highest BCUT2D eigenvalue weighted by Gasteiger charge is 2.18. The number of hydrogen-bond acceptors (Lipinski definition) is 5. The highest BCUT2D eigenvalue weighted by atomic mass is 16.3. The van der Waals surface area contributed by atoms with E-state index in [2.05, 4.69) is 155 Å². The molecule has 10 aromatic rings. The van der Waals surface area contributed by atoms with Crippen molar-refractivity contribution in [2.45, 2.75) is 0 Å². The zero-order chi connectivity index (χ0) is 33.0. The molecule has 0 atom stereocenters. The fraction of sp³-hybridized carbons (Fsp3) is 0. The summed E-state index contributed by atoms with van der Waals surface area (Å²) in [6.45, 7) is 0. The Hall–Kier alpha value is -6.85. The van der Waals surface area contributed by atoms with Crippen molar-refractivity contribution in [2.75, 3.05) is 4.90 Å². The Morgan fingerprint density at radius 3 is 1.58 bits per heavy atom. The van der Waals surface area contributed by atoms with E-state index in [9.17, 15) is 0 Å². The lowest BCUT2D eigenvalue weighted by molar-refractivity contribution is 0.642. The molecule has 0 aliphatic rings. The molecule has 234 valence electrons. The Balaban J connectivity index is 1.08.